The fraction of sp³-hybridized carbons (Fsp3) is 0.412. The lowest BCUT2D eigenvalue weighted by Crippen LogP contribution is -2.35. The Kier molecular flexibility index (Phi) is 6.17. The SMILES string of the molecule is CN(CCN)CCNS(=O)(=O)c1cccc2c(N(C)C)cccc12. The molecule has 6 nitrogen and oxygen atoms in total. The fourth-order valence-corrected chi connectivity index (χ4v) is 3.91. The number of likely N-dealkylation sites (N-methyl/N-ethyl adjacent to an activating group) is 1. The zero-order valence-corrected chi connectivity index (χ0v) is 15.3. The number of rotatable bonds is 8. The molecule has 0 saturated heterocycles. The Morgan fingerprint density at radius 1 is 1.00 bits per heavy atom. The van der Waals surface area contributed by atoms with Crippen molar-refractivity contribution in [3.8, 4) is 0 Å². The minimum absolute atomic E-state index is 0.310. The van der Waals surface area contributed by atoms with Crippen LogP contribution in [0.4, 0.5) is 5.69 Å². The van der Waals surface area contributed by atoms with Crippen LogP contribution in [-0.4, -0.2) is 60.6 Å². The number of anilines is 1. The van der Waals surface area contributed by atoms with Crippen LogP contribution in [0.1, 0.15) is 0 Å². The largest absolute Gasteiger partial charge is 0.377 e. The Bertz CT molecular complexity index is 790. The van der Waals surface area contributed by atoms with Crippen LogP contribution in [0.2, 0.25) is 0 Å². The lowest BCUT2D eigenvalue weighted by Gasteiger charge is -2.18. The summed E-state index contributed by atoms with van der Waals surface area (Å²) in [6, 6.07) is 11.1. The van der Waals surface area contributed by atoms with E-state index in [4.69, 9.17) is 5.73 Å². The van der Waals surface area contributed by atoms with E-state index < -0.39 is 10.0 Å². The Hall–Kier alpha value is -1.67. The maximum Gasteiger partial charge on any atom is 0.241 e. The number of hydrogen-bond donors (Lipinski definition) is 2. The normalized spacial score (nSPS) is 12.0. The number of hydrogen-bond acceptors (Lipinski definition) is 5. The molecule has 0 heterocycles. The summed E-state index contributed by atoms with van der Waals surface area (Å²) < 4.78 is 28.1. The molecule has 132 valence electrons. The minimum atomic E-state index is -3.57. The first-order chi connectivity index (χ1) is 11.4. The van der Waals surface area contributed by atoms with E-state index in [2.05, 4.69) is 4.72 Å². The van der Waals surface area contributed by atoms with Gasteiger partial charge in [-0.2, -0.15) is 0 Å². The third-order valence-electron chi connectivity index (χ3n) is 3.93. The smallest absolute Gasteiger partial charge is 0.241 e. The summed E-state index contributed by atoms with van der Waals surface area (Å²) in [5.41, 5.74) is 6.49. The number of nitrogens with one attached hydrogen (secondary N) is 1. The van der Waals surface area contributed by atoms with Gasteiger partial charge in [-0.1, -0.05) is 24.3 Å². The maximum atomic E-state index is 12.7. The highest BCUT2D eigenvalue weighted by molar-refractivity contribution is 7.89. The van der Waals surface area contributed by atoms with Gasteiger partial charge >= 0.3 is 0 Å². The summed E-state index contributed by atoms with van der Waals surface area (Å²) in [5.74, 6) is 0. The standard InChI is InChI=1S/C17H26N4O2S/c1-20(2)16-8-4-7-15-14(16)6-5-9-17(15)24(22,23)19-11-13-21(3)12-10-18/h4-9,19H,10-13,18H2,1-3H3. The van der Waals surface area contributed by atoms with E-state index in [1.807, 2.05) is 55.2 Å². The highest BCUT2D eigenvalue weighted by Crippen LogP contribution is 2.29. The molecular formula is C17H26N4O2S. The summed E-state index contributed by atoms with van der Waals surface area (Å²) in [6.45, 7) is 2.26. The van der Waals surface area contributed by atoms with E-state index in [-0.39, 0.29) is 0 Å². The van der Waals surface area contributed by atoms with Gasteiger partial charge in [-0.25, -0.2) is 13.1 Å². The summed E-state index contributed by atoms with van der Waals surface area (Å²) in [6.07, 6.45) is 0. The second kappa shape index (κ2) is 7.94. The number of sulfonamides is 1. The molecule has 24 heavy (non-hydrogen) atoms. The quantitative estimate of drug-likeness (QED) is 0.745. The Morgan fingerprint density at radius 2 is 1.67 bits per heavy atom. The minimum Gasteiger partial charge on any atom is -0.377 e. The molecule has 3 N–H and O–H groups in total. The molecule has 2 rings (SSSR count). The highest BCUT2D eigenvalue weighted by Gasteiger charge is 2.18. The summed E-state index contributed by atoms with van der Waals surface area (Å²) in [5, 5.41) is 1.65. The van der Waals surface area contributed by atoms with E-state index >= 15 is 0 Å². The Balaban J connectivity index is 2.29. The molecule has 0 atom stereocenters. The van der Waals surface area contributed by atoms with Crippen LogP contribution in [0, 0.1) is 0 Å². The molecule has 0 aromatic heterocycles. The predicted octanol–water partition coefficient (Wildman–Crippen LogP) is 1.07. The molecule has 0 spiro atoms. The summed E-state index contributed by atoms with van der Waals surface area (Å²) >= 11 is 0. The van der Waals surface area contributed by atoms with Crippen molar-refractivity contribution in [2.75, 3.05) is 52.2 Å². The third-order valence-corrected chi connectivity index (χ3v) is 5.45. The van der Waals surface area contributed by atoms with E-state index in [0.29, 0.717) is 24.5 Å². The van der Waals surface area contributed by atoms with Gasteiger partial charge in [-0.3, -0.25) is 0 Å². The van der Waals surface area contributed by atoms with Gasteiger partial charge in [0.1, 0.15) is 0 Å². The molecule has 0 saturated carbocycles. The topological polar surface area (TPSA) is 78.7 Å². The monoisotopic (exact) mass is 350 g/mol. The van der Waals surface area contributed by atoms with Crippen molar-refractivity contribution in [3.05, 3.63) is 36.4 Å². The van der Waals surface area contributed by atoms with Crippen LogP contribution in [0.15, 0.2) is 41.3 Å². The maximum absolute atomic E-state index is 12.7. The van der Waals surface area contributed by atoms with Crippen LogP contribution >= 0.6 is 0 Å². The van der Waals surface area contributed by atoms with Crippen LogP contribution in [-0.2, 0) is 10.0 Å². The van der Waals surface area contributed by atoms with Crippen molar-refractivity contribution in [3.63, 3.8) is 0 Å². The van der Waals surface area contributed by atoms with Crippen molar-refractivity contribution in [2.24, 2.45) is 5.73 Å². The average molecular weight is 350 g/mol. The van der Waals surface area contributed by atoms with Crippen LogP contribution in [0.5, 0.6) is 0 Å². The first-order valence-corrected chi connectivity index (χ1v) is 9.42. The van der Waals surface area contributed by atoms with Crippen LogP contribution in [0.3, 0.4) is 0 Å². The van der Waals surface area contributed by atoms with Crippen LogP contribution < -0.4 is 15.4 Å². The molecule has 2 aromatic carbocycles. The first kappa shape index (κ1) is 18.7. The lowest BCUT2D eigenvalue weighted by molar-refractivity contribution is 0.348. The highest BCUT2D eigenvalue weighted by atomic mass is 32.2. The molecular weight excluding hydrogens is 324 g/mol. The van der Waals surface area contributed by atoms with Gasteiger partial charge in [-0.15, -0.1) is 0 Å². The Morgan fingerprint density at radius 3 is 2.33 bits per heavy atom. The van der Waals surface area contributed by atoms with Crippen LogP contribution in [0.25, 0.3) is 10.8 Å². The zero-order valence-electron chi connectivity index (χ0n) is 14.5. The molecule has 2 aromatic rings. The summed E-state index contributed by atoms with van der Waals surface area (Å²) in [7, 11) is 2.24. The molecule has 0 radical (unpaired) electrons. The molecule has 0 amide bonds. The molecule has 0 unspecified atom stereocenters. The lowest BCUT2D eigenvalue weighted by atomic mass is 10.1. The van der Waals surface area contributed by atoms with Gasteiger partial charge < -0.3 is 15.5 Å². The number of nitrogens with zero attached hydrogens (tertiary/aromatic N) is 2. The Labute approximate surface area is 144 Å². The number of fused-ring (bicyclic) bond motifs is 1. The second-order valence-corrected chi connectivity index (χ2v) is 7.75. The number of benzene rings is 2. The van der Waals surface area contributed by atoms with Crippen molar-refractivity contribution in [1.29, 1.82) is 0 Å². The van der Waals surface area contributed by atoms with Gasteiger partial charge in [0.25, 0.3) is 0 Å². The van der Waals surface area contributed by atoms with E-state index in [9.17, 15) is 8.42 Å². The van der Waals surface area contributed by atoms with E-state index in [1.54, 1.807) is 12.1 Å². The molecule has 0 bridgehead atoms. The third kappa shape index (κ3) is 4.24. The van der Waals surface area contributed by atoms with Crippen molar-refractivity contribution in [1.82, 2.24) is 9.62 Å². The molecule has 7 heteroatoms. The van der Waals surface area contributed by atoms with E-state index in [1.165, 1.54) is 0 Å². The van der Waals surface area contributed by atoms with E-state index in [0.717, 1.165) is 23.0 Å². The second-order valence-electron chi connectivity index (χ2n) is 6.01. The zero-order chi connectivity index (χ0) is 17.7. The van der Waals surface area contributed by atoms with Gasteiger partial charge in [-0.05, 0) is 19.2 Å². The van der Waals surface area contributed by atoms with Crippen molar-refractivity contribution in [2.45, 2.75) is 4.90 Å². The number of nitrogens with two attached hydrogens (primary N) is 1. The van der Waals surface area contributed by atoms with Gasteiger partial charge in [0.15, 0.2) is 0 Å². The van der Waals surface area contributed by atoms with Gasteiger partial charge in [0.05, 0.1) is 4.90 Å². The molecule has 0 fully saturated rings. The van der Waals surface area contributed by atoms with Gasteiger partial charge in [0, 0.05) is 56.7 Å². The van der Waals surface area contributed by atoms with Crippen molar-refractivity contribution < 1.29 is 8.42 Å². The predicted molar refractivity (Wildman–Crippen MR) is 100 cm³/mol. The molecule has 0 aliphatic carbocycles. The fourth-order valence-electron chi connectivity index (χ4n) is 2.67. The molecule has 0 aliphatic rings. The molecule has 0 aliphatic heterocycles. The average Bonchev–Trinajstić information content (AvgIpc) is 2.53. The van der Waals surface area contributed by atoms with Gasteiger partial charge in [0.2, 0.25) is 10.0 Å². The first-order valence-electron chi connectivity index (χ1n) is 7.94. The van der Waals surface area contributed by atoms with Crippen molar-refractivity contribution >= 4 is 26.5 Å². The summed E-state index contributed by atoms with van der Waals surface area (Å²) in [4.78, 5) is 4.29.